The highest BCUT2D eigenvalue weighted by atomic mass is 35.5. The van der Waals surface area contributed by atoms with Gasteiger partial charge in [0.05, 0.1) is 11.9 Å². The molecule has 0 aliphatic heterocycles. The van der Waals surface area contributed by atoms with Gasteiger partial charge in [0, 0.05) is 34.6 Å². The van der Waals surface area contributed by atoms with E-state index in [0.717, 1.165) is 47.4 Å². The van der Waals surface area contributed by atoms with E-state index in [-0.39, 0.29) is 24.9 Å². The first kappa shape index (κ1) is 30.9. The van der Waals surface area contributed by atoms with Crippen LogP contribution in [-0.4, -0.2) is 50.0 Å². The molecule has 0 unspecified atom stereocenters. The number of hydrogen-bond acceptors (Lipinski definition) is 4. The number of sulfonamides is 1. The Kier molecular flexibility index (Phi) is 10.3. The highest BCUT2D eigenvalue weighted by Crippen LogP contribution is 2.28. The highest BCUT2D eigenvalue weighted by Gasteiger charge is 2.35. The Labute approximate surface area is 252 Å². The van der Waals surface area contributed by atoms with E-state index in [1.807, 2.05) is 43.3 Å². The van der Waals surface area contributed by atoms with Gasteiger partial charge in [0.15, 0.2) is 0 Å². The van der Waals surface area contributed by atoms with Crippen LogP contribution in [0.15, 0.2) is 72.8 Å². The minimum Gasteiger partial charge on any atom is -0.352 e. The van der Waals surface area contributed by atoms with Gasteiger partial charge >= 0.3 is 0 Å². The van der Waals surface area contributed by atoms with Crippen LogP contribution >= 0.6 is 23.2 Å². The smallest absolute Gasteiger partial charge is 0.244 e. The lowest BCUT2D eigenvalue weighted by Crippen LogP contribution is -2.54. The molecule has 3 aromatic carbocycles. The molecule has 0 aromatic heterocycles. The van der Waals surface area contributed by atoms with Gasteiger partial charge in [-0.3, -0.25) is 13.9 Å². The fourth-order valence-electron chi connectivity index (χ4n) is 5.17. The molecule has 0 heterocycles. The van der Waals surface area contributed by atoms with Crippen LogP contribution in [0.25, 0.3) is 0 Å². The first-order valence-electron chi connectivity index (χ1n) is 13.6. The summed E-state index contributed by atoms with van der Waals surface area (Å²) < 4.78 is 26.9. The third kappa shape index (κ3) is 8.24. The Balaban J connectivity index is 1.76. The summed E-state index contributed by atoms with van der Waals surface area (Å²) in [5, 5.41) is 3.84. The van der Waals surface area contributed by atoms with E-state index in [4.69, 9.17) is 23.2 Å². The first-order valence-corrected chi connectivity index (χ1v) is 16.2. The van der Waals surface area contributed by atoms with Gasteiger partial charge < -0.3 is 10.2 Å². The zero-order valence-corrected chi connectivity index (χ0v) is 25.6. The molecule has 0 spiro atoms. The van der Waals surface area contributed by atoms with Crippen LogP contribution < -0.4 is 9.62 Å². The molecule has 1 atom stereocenters. The minimum atomic E-state index is -3.84. The third-order valence-electron chi connectivity index (χ3n) is 7.33. The molecular weight excluding hydrogens is 581 g/mol. The van der Waals surface area contributed by atoms with Gasteiger partial charge in [0.25, 0.3) is 0 Å². The maximum Gasteiger partial charge on any atom is 0.244 e. The third-order valence-corrected chi connectivity index (χ3v) is 9.18. The number of anilines is 1. The maximum atomic E-state index is 14.2. The van der Waals surface area contributed by atoms with E-state index in [2.05, 4.69) is 5.32 Å². The number of aryl methyl sites for hydroxylation is 1. The van der Waals surface area contributed by atoms with Crippen LogP contribution in [0.3, 0.4) is 0 Å². The van der Waals surface area contributed by atoms with Gasteiger partial charge in [-0.25, -0.2) is 8.42 Å². The molecule has 0 bridgehead atoms. The zero-order valence-electron chi connectivity index (χ0n) is 23.2. The lowest BCUT2D eigenvalue weighted by molar-refractivity contribution is -0.140. The van der Waals surface area contributed by atoms with Crippen LogP contribution in [0.1, 0.15) is 42.4 Å². The summed E-state index contributed by atoms with van der Waals surface area (Å²) in [5.74, 6) is -0.839. The minimum absolute atomic E-state index is 0.0291. The van der Waals surface area contributed by atoms with Crippen molar-refractivity contribution in [2.75, 3.05) is 17.1 Å². The Hall–Kier alpha value is -3.07. The quantitative estimate of drug-likeness (QED) is 0.297. The van der Waals surface area contributed by atoms with Gasteiger partial charge in [-0.2, -0.15) is 0 Å². The molecule has 10 heteroatoms. The van der Waals surface area contributed by atoms with Crippen molar-refractivity contribution in [3.63, 3.8) is 0 Å². The van der Waals surface area contributed by atoms with Crippen molar-refractivity contribution in [2.24, 2.45) is 0 Å². The largest absolute Gasteiger partial charge is 0.352 e. The molecule has 1 aliphatic rings. The van der Waals surface area contributed by atoms with Crippen LogP contribution in [0.5, 0.6) is 0 Å². The van der Waals surface area contributed by atoms with Gasteiger partial charge in [-0.05, 0) is 55.2 Å². The maximum absolute atomic E-state index is 14.2. The van der Waals surface area contributed by atoms with Crippen molar-refractivity contribution in [3.8, 4) is 0 Å². The summed E-state index contributed by atoms with van der Waals surface area (Å²) in [5.41, 5.74) is 2.56. The Bertz CT molecular complexity index is 1460. The van der Waals surface area contributed by atoms with E-state index < -0.39 is 28.5 Å². The average Bonchev–Trinajstić information content (AvgIpc) is 3.43. The second-order valence-corrected chi connectivity index (χ2v) is 13.2. The molecule has 1 N–H and O–H groups in total. The van der Waals surface area contributed by atoms with Gasteiger partial charge in [0.1, 0.15) is 12.6 Å². The van der Waals surface area contributed by atoms with Crippen LogP contribution in [0, 0.1) is 6.92 Å². The summed E-state index contributed by atoms with van der Waals surface area (Å²) in [4.78, 5) is 29.5. The lowest BCUT2D eigenvalue weighted by atomic mass is 10.0. The van der Waals surface area contributed by atoms with Crippen molar-refractivity contribution in [3.05, 3.63) is 99.5 Å². The molecule has 218 valence electrons. The Morgan fingerprint density at radius 3 is 2.20 bits per heavy atom. The standard InChI is InChI=1S/C31H35Cl2N3O4S/c1-22-10-8-15-25(18-22)36(41(2,39)40)21-30(37)35(20-26-27(32)16-9-17-28(26)33)29(19-23-11-4-3-5-12-23)31(38)34-24-13-6-7-14-24/h3-5,8-12,15-18,24,29H,6-7,13-14,19-21H2,1-2H3,(H,34,38)/t29-/m1/s1. The predicted octanol–water partition coefficient (Wildman–Crippen LogP) is 5.77. The van der Waals surface area contributed by atoms with Crippen LogP contribution in [-0.2, 0) is 32.6 Å². The Morgan fingerprint density at radius 1 is 0.951 bits per heavy atom. The highest BCUT2D eigenvalue weighted by molar-refractivity contribution is 7.92. The topological polar surface area (TPSA) is 86.8 Å². The van der Waals surface area contributed by atoms with Crippen LogP contribution in [0.4, 0.5) is 5.69 Å². The molecule has 2 amide bonds. The number of carbonyl (C=O) groups is 2. The molecular formula is C31H35Cl2N3O4S. The fourth-order valence-corrected chi connectivity index (χ4v) is 6.53. The molecule has 1 aliphatic carbocycles. The monoisotopic (exact) mass is 615 g/mol. The van der Waals surface area contributed by atoms with Gasteiger partial charge in [0.2, 0.25) is 21.8 Å². The summed E-state index contributed by atoms with van der Waals surface area (Å²) in [6.07, 6.45) is 5.12. The van der Waals surface area contributed by atoms with Crippen molar-refractivity contribution in [1.82, 2.24) is 10.2 Å². The second-order valence-electron chi connectivity index (χ2n) is 10.5. The number of rotatable bonds is 11. The molecule has 41 heavy (non-hydrogen) atoms. The predicted molar refractivity (Wildman–Crippen MR) is 165 cm³/mol. The summed E-state index contributed by atoms with van der Waals surface area (Å²) >= 11 is 13.0. The fraction of sp³-hybridized carbons (Fsp3) is 0.355. The molecule has 3 aromatic rings. The van der Waals surface area contributed by atoms with Crippen molar-refractivity contribution >= 4 is 50.7 Å². The number of nitrogens with one attached hydrogen (secondary N) is 1. The lowest BCUT2D eigenvalue weighted by Gasteiger charge is -2.34. The van der Waals surface area contributed by atoms with Crippen molar-refractivity contribution < 1.29 is 18.0 Å². The Morgan fingerprint density at radius 2 is 1.59 bits per heavy atom. The van der Waals surface area contributed by atoms with E-state index in [9.17, 15) is 18.0 Å². The van der Waals surface area contributed by atoms with E-state index in [0.29, 0.717) is 21.3 Å². The molecule has 7 nitrogen and oxygen atoms in total. The van der Waals surface area contributed by atoms with Gasteiger partial charge in [-0.1, -0.05) is 84.6 Å². The van der Waals surface area contributed by atoms with E-state index >= 15 is 0 Å². The first-order chi connectivity index (χ1) is 19.5. The SMILES string of the molecule is Cc1cccc(N(CC(=O)N(Cc2c(Cl)cccc2Cl)[C@H](Cc2ccccc2)C(=O)NC2CCCC2)S(C)(=O)=O)c1. The second kappa shape index (κ2) is 13.7. The van der Waals surface area contributed by atoms with Crippen LogP contribution in [0.2, 0.25) is 10.0 Å². The summed E-state index contributed by atoms with van der Waals surface area (Å²) in [7, 11) is -3.84. The molecule has 1 fully saturated rings. The number of carbonyl (C=O) groups excluding carboxylic acids is 2. The number of benzene rings is 3. The molecule has 0 saturated heterocycles. The van der Waals surface area contributed by atoms with Gasteiger partial charge in [-0.15, -0.1) is 0 Å². The molecule has 0 radical (unpaired) electrons. The molecule has 4 rings (SSSR count). The van der Waals surface area contributed by atoms with E-state index in [1.54, 1.807) is 36.4 Å². The number of nitrogens with zero attached hydrogens (tertiary/aromatic N) is 2. The molecule has 1 saturated carbocycles. The zero-order chi connectivity index (χ0) is 29.6. The average molecular weight is 617 g/mol. The normalized spacial score (nSPS) is 14.4. The van der Waals surface area contributed by atoms with Crippen molar-refractivity contribution in [1.29, 1.82) is 0 Å². The van der Waals surface area contributed by atoms with Crippen molar-refractivity contribution in [2.45, 2.75) is 57.7 Å². The van der Waals surface area contributed by atoms with E-state index in [1.165, 1.54) is 4.90 Å². The summed E-state index contributed by atoms with van der Waals surface area (Å²) in [6.45, 7) is 1.28. The number of hydrogen-bond donors (Lipinski definition) is 1. The number of amides is 2. The summed E-state index contributed by atoms with van der Waals surface area (Å²) in [6, 6.07) is 20.5. The number of halogens is 2.